The number of ether oxygens (including phenoxy) is 2. The average Bonchev–Trinajstić information content (AvgIpc) is 2.65. The summed E-state index contributed by atoms with van der Waals surface area (Å²) < 4.78 is 11.8. The van der Waals surface area contributed by atoms with E-state index >= 15 is 0 Å². The summed E-state index contributed by atoms with van der Waals surface area (Å²) >= 11 is 0. The lowest BCUT2D eigenvalue weighted by molar-refractivity contribution is -0.139. The lowest BCUT2D eigenvalue weighted by Crippen LogP contribution is -2.42. The van der Waals surface area contributed by atoms with E-state index in [4.69, 9.17) is 9.47 Å². The van der Waals surface area contributed by atoms with E-state index in [-0.39, 0.29) is 5.91 Å². The van der Waals surface area contributed by atoms with Crippen LogP contribution < -0.4 is 10.1 Å². The summed E-state index contributed by atoms with van der Waals surface area (Å²) in [7, 11) is 0. The van der Waals surface area contributed by atoms with E-state index in [9.17, 15) is 4.79 Å². The first-order chi connectivity index (χ1) is 12.4. The predicted molar refractivity (Wildman–Crippen MR) is 108 cm³/mol. The lowest BCUT2D eigenvalue weighted by Gasteiger charge is -2.27. The van der Waals surface area contributed by atoms with Gasteiger partial charge in [0.15, 0.2) is 0 Å². The quantitative estimate of drug-likeness (QED) is 0.653. The van der Waals surface area contributed by atoms with Crippen molar-refractivity contribution in [1.29, 1.82) is 0 Å². The van der Waals surface area contributed by atoms with Gasteiger partial charge in [-0.25, -0.2) is 0 Å². The standard InChI is InChI=1S/C22H31NO3/c1-6-14-26-22(5,7-2)21(24)23-19-12-13-20(25-15-16(3)4)18-11-9-8-10-17(18)19/h8-13,16H,6-7,14-15H2,1-5H3,(H,23,24)/t22-/m0/s1. The van der Waals surface area contributed by atoms with Gasteiger partial charge in [0.1, 0.15) is 11.4 Å². The molecular weight excluding hydrogens is 326 g/mol. The van der Waals surface area contributed by atoms with Crippen LogP contribution in [0.4, 0.5) is 5.69 Å². The van der Waals surface area contributed by atoms with Crippen LogP contribution in [0.1, 0.15) is 47.5 Å². The van der Waals surface area contributed by atoms with Gasteiger partial charge in [0.05, 0.1) is 6.61 Å². The second-order valence-corrected chi connectivity index (χ2v) is 7.25. The zero-order chi connectivity index (χ0) is 19.2. The van der Waals surface area contributed by atoms with Crippen LogP contribution in [0.2, 0.25) is 0 Å². The van der Waals surface area contributed by atoms with Crippen molar-refractivity contribution in [3.63, 3.8) is 0 Å². The van der Waals surface area contributed by atoms with Crippen molar-refractivity contribution in [2.45, 2.75) is 53.1 Å². The minimum atomic E-state index is -0.829. The Bertz CT molecular complexity index is 741. The number of hydrogen-bond donors (Lipinski definition) is 1. The number of fused-ring (bicyclic) bond motifs is 1. The molecule has 0 aliphatic rings. The van der Waals surface area contributed by atoms with Gasteiger partial charge in [-0.15, -0.1) is 0 Å². The SMILES string of the molecule is CCCO[C@@](C)(CC)C(=O)Nc1ccc(OCC(C)C)c2ccccc12. The Hall–Kier alpha value is -2.07. The van der Waals surface area contributed by atoms with Gasteiger partial charge in [-0.1, -0.05) is 52.0 Å². The molecule has 26 heavy (non-hydrogen) atoms. The number of amides is 1. The van der Waals surface area contributed by atoms with Gasteiger partial charge in [0.2, 0.25) is 0 Å². The number of rotatable bonds is 9. The van der Waals surface area contributed by atoms with Gasteiger partial charge in [-0.05, 0) is 37.8 Å². The highest BCUT2D eigenvalue weighted by Crippen LogP contribution is 2.32. The van der Waals surface area contributed by atoms with Crippen LogP contribution in [0.5, 0.6) is 5.75 Å². The van der Waals surface area contributed by atoms with Crippen LogP contribution in [0.3, 0.4) is 0 Å². The molecule has 0 aliphatic heterocycles. The van der Waals surface area contributed by atoms with Crippen LogP contribution in [0.25, 0.3) is 10.8 Å². The topological polar surface area (TPSA) is 47.6 Å². The van der Waals surface area contributed by atoms with Gasteiger partial charge in [0, 0.05) is 23.1 Å². The second-order valence-electron chi connectivity index (χ2n) is 7.25. The van der Waals surface area contributed by atoms with Crippen molar-refractivity contribution in [3.05, 3.63) is 36.4 Å². The van der Waals surface area contributed by atoms with Crippen molar-refractivity contribution in [2.75, 3.05) is 18.5 Å². The number of benzene rings is 2. The number of carbonyl (C=O) groups excluding carboxylic acids is 1. The molecule has 142 valence electrons. The summed E-state index contributed by atoms with van der Waals surface area (Å²) in [6.07, 6.45) is 1.50. The molecule has 0 aromatic heterocycles. The molecule has 2 aromatic rings. The molecule has 0 bridgehead atoms. The molecule has 1 amide bonds. The molecular formula is C22H31NO3. The number of carbonyl (C=O) groups is 1. The molecule has 4 nitrogen and oxygen atoms in total. The molecule has 4 heteroatoms. The highest BCUT2D eigenvalue weighted by Gasteiger charge is 2.32. The lowest BCUT2D eigenvalue weighted by atomic mass is 10.0. The van der Waals surface area contributed by atoms with Crippen molar-refractivity contribution >= 4 is 22.4 Å². The Labute approximate surface area is 156 Å². The largest absolute Gasteiger partial charge is 0.493 e. The third kappa shape index (κ3) is 4.76. The maximum Gasteiger partial charge on any atom is 0.256 e. The molecule has 0 unspecified atom stereocenters. The molecule has 1 N–H and O–H groups in total. The van der Waals surface area contributed by atoms with Crippen LogP contribution in [-0.4, -0.2) is 24.7 Å². The summed E-state index contributed by atoms with van der Waals surface area (Å²) in [5.41, 5.74) is -0.0496. The normalized spacial score (nSPS) is 13.6. The highest BCUT2D eigenvalue weighted by molar-refractivity contribution is 6.06. The third-order valence-electron chi connectivity index (χ3n) is 4.48. The molecule has 0 aliphatic carbocycles. The average molecular weight is 357 g/mol. The Morgan fingerprint density at radius 3 is 2.42 bits per heavy atom. The first kappa shape index (κ1) is 20.2. The van der Waals surface area contributed by atoms with Gasteiger partial charge < -0.3 is 14.8 Å². The maximum absolute atomic E-state index is 12.8. The monoisotopic (exact) mass is 357 g/mol. The Kier molecular flexibility index (Phi) is 7.04. The van der Waals surface area contributed by atoms with Gasteiger partial charge in [-0.3, -0.25) is 4.79 Å². The smallest absolute Gasteiger partial charge is 0.256 e. The maximum atomic E-state index is 12.8. The van der Waals surface area contributed by atoms with Crippen LogP contribution >= 0.6 is 0 Å². The molecule has 0 spiro atoms. The van der Waals surface area contributed by atoms with E-state index in [0.29, 0.717) is 25.6 Å². The van der Waals surface area contributed by atoms with Crippen LogP contribution in [-0.2, 0) is 9.53 Å². The third-order valence-corrected chi connectivity index (χ3v) is 4.48. The Morgan fingerprint density at radius 1 is 1.12 bits per heavy atom. The van der Waals surface area contributed by atoms with Gasteiger partial charge in [0.25, 0.3) is 5.91 Å². The Morgan fingerprint density at radius 2 is 1.81 bits per heavy atom. The second kappa shape index (κ2) is 9.04. The van der Waals surface area contributed by atoms with E-state index in [1.165, 1.54) is 0 Å². The summed E-state index contributed by atoms with van der Waals surface area (Å²) in [6, 6.07) is 11.8. The summed E-state index contributed by atoms with van der Waals surface area (Å²) in [5.74, 6) is 1.18. The van der Waals surface area contributed by atoms with E-state index < -0.39 is 5.60 Å². The molecule has 1 atom stereocenters. The molecule has 0 fully saturated rings. The predicted octanol–water partition coefficient (Wildman–Crippen LogP) is 5.41. The number of hydrogen-bond acceptors (Lipinski definition) is 3. The van der Waals surface area contributed by atoms with E-state index in [1.807, 2.05) is 57.2 Å². The molecule has 0 saturated heterocycles. The number of anilines is 1. The Balaban J connectivity index is 2.30. The fourth-order valence-electron chi connectivity index (χ4n) is 2.67. The van der Waals surface area contributed by atoms with E-state index in [2.05, 4.69) is 19.2 Å². The molecule has 0 saturated carbocycles. The molecule has 2 rings (SSSR count). The van der Waals surface area contributed by atoms with Crippen molar-refractivity contribution in [3.8, 4) is 5.75 Å². The van der Waals surface area contributed by atoms with Crippen LogP contribution in [0, 0.1) is 5.92 Å². The molecule has 2 aromatic carbocycles. The van der Waals surface area contributed by atoms with Crippen LogP contribution in [0.15, 0.2) is 36.4 Å². The zero-order valence-electron chi connectivity index (χ0n) is 16.6. The highest BCUT2D eigenvalue weighted by atomic mass is 16.5. The fourth-order valence-corrected chi connectivity index (χ4v) is 2.67. The molecule has 0 heterocycles. The van der Waals surface area contributed by atoms with Crippen molar-refractivity contribution in [2.24, 2.45) is 5.92 Å². The van der Waals surface area contributed by atoms with Crippen molar-refractivity contribution < 1.29 is 14.3 Å². The van der Waals surface area contributed by atoms with Gasteiger partial charge in [-0.2, -0.15) is 0 Å². The zero-order valence-corrected chi connectivity index (χ0v) is 16.6. The summed E-state index contributed by atoms with van der Waals surface area (Å²) in [6.45, 7) is 11.3. The van der Waals surface area contributed by atoms with E-state index in [1.54, 1.807) is 0 Å². The van der Waals surface area contributed by atoms with Gasteiger partial charge >= 0.3 is 0 Å². The summed E-state index contributed by atoms with van der Waals surface area (Å²) in [4.78, 5) is 12.8. The fraction of sp³-hybridized carbons (Fsp3) is 0.500. The van der Waals surface area contributed by atoms with Crippen molar-refractivity contribution in [1.82, 2.24) is 0 Å². The summed E-state index contributed by atoms with van der Waals surface area (Å²) in [5, 5.41) is 5.03. The number of nitrogens with one attached hydrogen (secondary N) is 1. The first-order valence-electron chi connectivity index (χ1n) is 9.51. The first-order valence-corrected chi connectivity index (χ1v) is 9.51. The minimum Gasteiger partial charge on any atom is -0.493 e. The molecule has 0 radical (unpaired) electrons. The van der Waals surface area contributed by atoms with E-state index in [0.717, 1.165) is 28.6 Å². The minimum absolute atomic E-state index is 0.116.